The molecule has 3 fully saturated rings. The normalized spacial score (nSPS) is 45.0. The number of aryl methyl sites for hydroxylation is 1. The summed E-state index contributed by atoms with van der Waals surface area (Å²) in [6.07, 6.45) is 1.03. The number of carbonyl (C=O) groups is 2. The number of aliphatic hydroxyl groups excluding tert-OH is 2. The van der Waals surface area contributed by atoms with E-state index in [0.717, 1.165) is 5.76 Å². The van der Waals surface area contributed by atoms with Gasteiger partial charge in [0.15, 0.2) is 22.8 Å². The molecular weight excluding hydrogens is 484 g/mol. The molecule has 0 bridgehead atoms. The maximum Gasteiger partial charge on any atom is 0.192 e. The van der Waals surface area contributed by atoms with Crippen molar-refractivity contribution in [1.29, 1.82) is 0 Å². The van der Waals surface area contributed by atoms with E-state index in [1.165, 1.54) is 12.2 Å². The molecule has 5 aliphatic rings. The van der Waals surface area contributed by atoms with Crippen molar-refractivity contribution in [1.82, 2.24) is 5.06 Å². The second kappa shape index (κ2) is 7.91. The van der Waals surface area contributed by atoms with Gasteiger partial charge in [-0.15, -0.1) is 0 Å². The number of allylic oxidation sites excluding steroid dienone is 4. The fourth-order valence-electron chi connectivity index (χ4n) is 8.75. The van der Waals surface area contributed by atoms with Gasteiger partial charge in [0.1, 0.15) is 24.0 Å². The maximum atomic E-state index is 17.4. The average molecular weight is 518 g/mol. The van der Waals surface area contributed by atoms with Gasteiger partial charge < -0.3 is 14.6 Å². The molecule has 6 rings (SSSR count). The number of alkyl halides is 1. The predicted octanol–water partition coefficient (Wildman–Crippen LogP) is 3.53. The molecule has 4 aliphatic carbocycles. The number of Topliss-reactive ketones (excluding diaryl/α,β-unsaturated/α-hetero) is 1. The van der Waals surface area contributed by atoms with Crippen molar-refractivity contribution < 1.29 is 37.8 Å². The summed E-state index contributed by atoms with van der Waals surface area (Å²) in [5, 5.41) is 23.2. The molecule has 1 saturated heterocycles. The molecule has 9 heteroatoms. The van der Waals surface area contributed by atoms with Crippen LogP contribution in [-0.4, -0.2) is 57.4 Å². The molecular formula is C28H33F2NO6. The van der Waals surface area contributed by atoms with E-state index in [1.54, 1.807) is 12.0 Å². The third-order valence-corrected chi connectivity index (χ3v) is 10.4. The minimum Gasteiger partial charge on any atom is -0.465 e. The zero-order chi connectivity index (χ0) is 26.5. The summed E-state index contributed by atoms with van der Waals surface area (Å²) in [4.78, 5) is 32.0. The first kappa shape index (κ1) is 25.1. The van der Waals surface area contributed by atoms with Crippen LogP contribution in [0.15, 0.2) is 40.1 Å². The molecule has 0 unspecified atom stereocenters. The van der Waals surface area contributed by atoms with Gasteiger partial charge in [-0.25, -0.2) is 8.78 Å². The fraction of sp³-hybridized carbons (Fsp3) is 0.643. The number of hydrogen-bond acceptors (Lipinski definition) is 7. The molecule has 8 atom stereocenters. The molecule has 1 aromatic rings. The Bertz CT molecular complexity index is 1240. The lowest BCUT2D eigenvalue weighted by atomic mass is 9.45. The molecule has 37 heavy (non-hydrogen) atoms. The highest BCUT2D eigenvalue weighted by Gasteiger charge is 2.79. The Kier molecular flexibility index (Phi) is 5.37. The van der Waals surface area contributed by atoms with Crippen molar-refractivity contribution in [3.8, 4) is 0 Å². The largest absolute Gasteiger partial charge is 0.465 e. The SMILES string of the molecule is Cc1ccc(CN2C[C@@H]3C[C@H]4[C@@H]5CC(F)=C6CC(=O)C=C[C@]6(C)[C@@]5(F)[C@@H](O)C[C@]4(C)[C@]3(C(=O)CO)O2)o1. The van der Waals surface area contributed by atoms with Gasteiger partial charge in [-0.1, -0.05) is 13.0 Å². The van der Waals surface area contributed by atoms with E-state index in [4.69, 9.17) is 9.25 Å². The van der Waals surface area contributed by atoms with E-state index in [-0.39, 0.29) is 36.5 Å². The molecule has 2 heterocycles. The van der Waals surface area contributed by atoms with Gasteiger partial charge in [0.25, 0.3) is 0 Å². The first-order valence-electron chi connectivity index (χ1n) is 13.0. The van der Waals surface area contributed by atoms with Crippen LogP contribution in [0.1, 0.15) is 51.1 Å². The van der Waals surface area contributed by atoms with Gasteiger partial charge in [-0.2, -0.15) is 5.06 Å². The Morgan fingerprint density at radius 2 is 2.03 bits per heavy atom. The lowest BCUT2D eigenvalue weighted by Crippen LogP contribution is -2.69. The molecule has 1 aliphatic heterocycles. The van der Waals surface area contributed by atoms with Gasteiger partial charge in [0.05, 0.1) is 12.6 Å². The van der Waals surface area contributed by atoms with Crippen LogP contribution in [0.25, 0.3) is 0 Å². The zero-order valence-electron chi connectivity index (χ0n) is 21.3. The number of ketones is 2. The van der Waals surface area contributed by atoms with Crippen LogP contribution >= 0.6 is 0 Å². The van der Waals surface area contributed by atoms with E-state index in [9.17, 15) is 19.8 Å². The van der Waals surface area contributed by atoms with Crippen molar-refractivity contribution in [2.75, 3.05) is 13.2 Å². The summed E-state index contributed by atoms with van der Waals surface area (Å²) in [5.74, 6) is -1.69. The smallest absolute Gasteiger partial charge is 0.192 e. The Labute approximate surface area is 214 Å². The molecule has 0 aromatic carbocycles. The Morgan fingerprint density at radius 1 is 1.27 bits per heavy atom. The number of furan rings is 1. The van der Waals surface area contributed by atoms with Gasteiger partial charge in [-0.05, 0) is 56.4 Å². The summed E-state index contributed by atoms with van der Waals surface area (Å²) < 4.78 is 38.6. The van der Waals surface area contributed by atoms with E-state index in [2.05, 4.69) is 0 Å². The van der Waals surface area contributed by atoms with Gasteiger partial charge in [-0.3, -0.25) is 14.4 Å². The average Bonchev–Trinajstić information content (AvgIpc) is 3.49. The van der Waals surface area contributed by atoms with Crippen LogP contribution in [0, 0.1) is 35.5 Å². The quantitative estimate of drug-likeness (QED) is 0.630. The maximum absolute atomic E-state index is 17.4. The van der Waals surface area contributed by atoms with Crippen molar-refractivity contribution in [3.63, 3.8) is 0 Å². The molecule has 0 amide bonds. The number of hydrogen-bond donors (Lipinski definition) is 2. The van der Waals surface area contributed by atoms with E-state index < -0.39 is 58.3 Å². The van der Waals surface area contributed by atoms with Crippen LogP contribution < -0.4 is 0 Å². The molecule has 7 nitrogen and oxygen atoms in total. The summed E-state index contributed by atoms with van der Waals surface area (Å²) in [6.45, 7) is 5.11. The molecule has 1 aromatic heterocycles. The van der Waals surface area contributed by atoms with Crippen molar-refractivity contribution in [2.24, 2.45) is 28.6 Å². The molecule has 2 saturated carbocycles. The monoisotopic (exact) mass is 517 g/mol. The van der Waals surface area contributed by atoms with Gasteiger partial charge >= 0.3 is 0 Å². The molecule has 0 radical (unpaired) electrons. The Balaban J connectivity index is 1.41. The number of fused-ring (bicyclic) bond motifs is 7. The molecule has 200 valence electrons. The summed E-state index contributed by atoms with van der Waals surface area (Å²) in [5.41, 5.74) is -6.10. The minimum absolute atomic E-state index is 0.0904. The van der Waals surface area contributed by atoms with Crippen LogP contribution in [-0.2, 0) is 21.0 Å². The summed E-state index contributed by atoms with van der Waals surface area (Å²) >= 11 is 0. The topological polar surface area (TPSA) is 100 Å². The standard InChI is InChI=1S/C28H33F2NO6/c1-15-4-5-18(36-15)13-31-12-16-8-19-20-10-22(29)21-9-17(33)6-7-25(21,2)27(20,30)23(34)11-26(19,3)28(16,37-31)24(35)14-32/h4-7,16,19-20,23,32,34H,8-14H2,1-3H3/t16-,19-,20-,23-,25-,26-,27-,28-/m0/s1. The second-order valence-corrected chi connectivity index (χ2v) is 12.1. The number of rotatable bonds is 4. The van der Waals surface area contributed by atoms with Crippen LogP contribution in [0.5, 0.6) is 0 Å². The lowest BCUT2D eigenvalue weighted by molar-refractivity contribution is -0.267. The second-order valence-electron chi connectivity index (χ2n) is 12.1. The zero-order valence-corrected chi connectivity index (χ0v) is 21.3. The predicted molar refractivity (Wildman–Crippen MR) is 127 cm³/mol. The number of halogens is 2. The van der Waals surface area contributed by atoms with E-state index in [0.29, 0.717) is 25.3 Å². The molecule has 2 N–H and O–H groups in total. The summed E-state index contributed by atoms with van der Waals surface area (Å²) in [6, 6.07) is 3.67. The van der Waals surface area contributed by atoms with Crippen molar-refractivity contribution in [3.05, 3.63) is 47.2 Å². The highest BCUT2D eigenvalue weighted by molar-refractivity contribution is 5.94. The first-order valence-corrected chi connectivity index (χ1v) is 13.0. The third kappa shape index (κ3) is 3.00. The Hall–Kier alpha value is -2.20. The van der Waals surface area contributed by atoms with Crippen LogP contribution in [0.3, 0.4) is 0 Å². The van der Waals surface area contributed by atoms with Crippen LogP contribution in [0.4, 0.5) is 8.78 Å². The number of aliphatic hydroxyl groups is 2. The van der Waals surface area contributed by atoms with Crippen molar-refractivity contribution in [2.45, 2.75) is 70.4 Å². The third-order valence-electron chi connectivity index (χ3n) is 10.4. The van der Waals surface area contributed by atoms with E-state index >= 15 is 8.78 Å². The highest BCUT2D eigenvalue weighted by Crippen LogP contribution is 2.72. The van der Waals surface area contributed by atoms with E-state index in [1.807, 2.05) is 26.0 Å². The van der Waals surface area contributed by atoms with Crippen molar-refractivity contribution >= 4 is 11.6 Å². The summed E-state index contributed by atoms with van der Waals surface area (Å²) in [7, 11) is 0. The number of nitrogens with zero attached hydrogens (tertiary/aromatic N) is 1. The van der Waals surface area contributed by atoms with Crippen LogP contribution in [0.2, 0.25) is 0 Å². The molecule has 0 spiro atoms. The Morgan fingerprint density at radius 3 is 2.70 bits per heavy atom. The number of hydroxylamine groups is 2. The van der Waals surface area contributed by atoms with Gasteiger partial charge in [0, 0.05) is 42.1 Å². The van der Waals surface area contributed by atoms with Gasteiger partial charge in [0.2, 0.25) is 0 Å². The lowest BCUT2D eigenvalue weighted by Gasteiger charge is -2.62. The fourth-order valence-corrected chi connectivity index (χ4v) is 8.75. The number of carbonyl (C=O) groups excluding carboxylic acids is 2. The first-order chi connectivity index (χ1) is 17.4. The highest BCUT2D eigenvalue weighted by atomic mass is 19.1. The minimum atomic E-state index is -2.22.